The highest BCUT2D eigenvalue weighted by molar-refractivity contribution is 5.85. The number of hydrogen-bond donors (Lipinski definition) is 1. The minimum absolute atomic E-state index is 0. The van der Waals surface area contributed by atoms with Crippen molar-refractivity contribution in [1.82, 2.24) is 0 Å². The molecule has 8 heteroatoms. The van der Waals surface area contributed by atoms with E-state index >= 15 is 0 Å². The summed E-state index contributed by atoms with van der Waals surface area (Å²) in [4.78, 5) is 11.0. The fourth-order valence-electron chi connectivity index (χ4n) is 1.38. The lowest BCUT2D eigenvalue weighted by Crippen LogP contribution is -2.21. The smallest absolute Gasteiger partial charge is 0.469 e. The van der Waals surface area contributed by atoms with E-state index < -0.39 is 24.1 Å². The third-order valence-corrected chi connectivity index (χ3v) is 2.16. The summed E-state index contributed by atoms with van der Waals surface area (Å²) >= 11 is 0. The van der Waals surface area contributed by atoms with Crippen molar-refractivity contribution >= 4 is 18.4 Å². The van der Waals surface area contributed by atoms with E-state index in [1.807, 2.05) is 0 Å². The molecule has 0 radical (unpaired) electrons. The second-order valence-corrected chi connectivity index (χ2v) is 3.47. The van der Waals surface area contributed by atoms with Crippen LogP contribution in [0.15, 0.2) is 24.3 Å². The molecule has 1 aromatic carbocycles. The van der Waals surface area contributed by atoms with Crippen LogP contribution in [0.5, 0.6) is 5.75 Å². The second kappa shape index (κ2) is 7.20. The summed E-state index contributed by atoms with van der Waals surface area (Å²) in [7, 11) is 1.17. The maximum Gasteiger partial charge on any atom is 0.573 e. The van der Waals surface area contributed by atoms with E-state index in [0.717, 1.165) is 6.07 Å². The number of carbonyl (C=O) groups excluding carboxylic acids is 1. The van der Waals surface area contributed by atoms with Gasteiger partial charge in [0.2, 0.25) is 0 Å². The van der Waals surface area contributed by atoms with Crippen LogP contribution in [0.1, 0.15) is 18.0 Å². The molecule has 108 valence electrons. The van der Waals surface area contributed by atoms with Gasteiger partial charge in [0.25, 0.3) is 0 Å². The minimum Gasteiger partial charge on any atom is -0.469 e. The van der Waals surface area contributed by atoms with Crippen LogP contribution >= 0.6 is 12.4 Å². The third-order valence-electron chi connectivity index (χ3n) is 2.16. The van der Waals surface area contributed by atoms with E-state index in [2.05, 4.69) is 9.47 Å². The molecular weight excluding hydrogens is 287 g/mol. The second-order valence-electron chi connectivity index (χ2n) is 3.47. The molecular formula is C11H13ClF3NO3. The van der Waals surface area contributed by atoms with Gasteiger partial charge in [0.15, 0.2) is 0 Å². The van der Waals surface area contributed by atoms with Crippen molar-refractivity contribution in [3.63, 3.8) is 0 Å². The number of hydrogen-bond acceptors (Lipinski definition) is 4. The zero-order chi connectivity index (χ0) is 13.8. The Kier molecular flexibility index (Phi) is 6.64. The average molecular weight is 300 g/mol. The van der Waals surface area contributed by atoms with E-state index in [1.165, 1.54) is 25.3 Å². The number of para-hydroxylation sites is 1. The van der Waals surface area contributed by atoms with E-state index in [4.69, 9.17) is 5.73 Å². The Hall–Kier alpha value is -1.47. The molecule has 0 aliphatic carbocycles. The highest BCUT2D eigenvalue weighted by Crippen LogP contribution is 2.30. The van der Waals surface area contributed by atoms with Crippen molar-refractivity contribution in [1.29, 1.82) is 0 Å². The van der Waals surface area contributed by atoms with Gasteiger partial charge in [-0.25, -0.2) is 0 Å². The van der Waals surface area contributed by atoms with Crippen molar-refractivity contribution < 1.29 is 27.4 Å². The number of carbonyl (C=O) groups is 1. The molecule has 1 atom stereocenters. The van der Waals surface area contributed by atoms with Crippen LogP contribution < -0.4 is 10.5 Å². The van der Waals surface area contributed by atoms with E-state index in [0.29, 0.717) is 0 Å². The number of methoxy groups -OCH3 is 1. The quantitative estimate of drug-likeness (QED) is 0.868. The minimum atomic E-state index is -4.80. The maximum atomic E-state index is 12.2. The van der Waals surface area contributed by atoms with Crippen LogP contribution in [0.25, 0.3) is 0 Å². The number of esters is 1. The molecule has 0 aliphatic heterocycles. The standard InChI is InChI=1S/C11H12F3NO3.ClH/c1-17-10(16)6-8(15)7-4-2-3-5-9(7)18-11(12,13)14;/h2-5,8H,6,15H2,1H3;1H/t8-;/m0./s1. The molecule has 0 saturated heterocycles. The number of halogens is 4. The predicted octanol–water partition coefficient (Wildman–Crippen LogP) is 2.57. The number of benzene rings is 1. The summed E-state index contributed by atoms with van der Waals surface area (Å²) in [6, 6.07) is 4.48. The lowest BCUT2D eigenvalue weighted by atomic mass is 10.0. The van der Waals surface area contributed by atoms with Crippen LogP contribution in [0.2, 0.25) is 0 Å². The fraction of sp³-hybridized carbons (Fsp3) is 0.364. The lowest BCUT2D eigenvalue weighted by molar-refractivity contribution is -0.274. The number of rotatable bonds is 4. The monoisotopic (exact) mass is 299 g/mol. The van der Waals surface area contributed by atoms with Crippen LogP contribution in [0.4, 0.5) is 13.2 Å². The van der Waals surface area contributed by atoms with Gasteiger partial charge >= 0.3 is 12.3 Å². The van der Waals surface area contributed by atoms with Crippen LogP contribution in [-0.4, -0.2) is 19.4 Å². The summed E-state index contributed by atoms with van der Waals surface area (Å²) in [6.07, 6.45) is -5.03. The van der Waals surface area contributed by atoms with Gasteiger partial charge < -0.3 is 15.2 Å². The Morgan fingerprint density at radius 3 is 2.47 bits per heavy atom. The summed E-state index contributed by atoms with van der Waals surface area (Å²) in [5, 5.41) is 0. The average Bonchev–Trinajstić information content (AvgIpc) is 2.27. The molecule has 0 bridgehead atoms. The third kappa shape index (κ3) is 5.80. The molecule has 4 nitrogen and oxygen atoms in total. The normalized spacial score (nSPS) is 12.3. The first-order valence-electron chi connectivity index (χ1n) is 5.00. The van der Waals surface area contributed by atoms with Gasteiger partial charge in [0.1, 0.15) is 5.75 Å². The van der Waals surface area contributed by atoms with Gasteiger partial charge in [-0.3, -0.25) is 4.79 Å². The van der Waals surface area contributed by atoms with E-state index in [9.17, 15) is 18.0 Å². The summed E-state index contributed by atoms with van der Waals surface area (Å²) < 4.78 is 44.7. The highest BCUT2D eigenvalue weighted by atomic mass is 35.5. The Morgan fingerprint density at radius 1 is 1.37 bits per heavy atom. The lowest BCUT2D eigenvalue weighted by Gasteiger charge is -2.17. The Morgan fingerprint density at radius 2 is 1.95 bits per heavy atom. The predicted molar refractivity (Wildman–Crippen MR) is 63.9 cm³/mol. The summed E-state index contributed by atoms with van der Waals surface area (Å²) in [5.41, 5.74) is 5.74. The van der Waals surface area contributed by atoms with Crippen LogP contribution in [0.3, 0.4) is 0 Å². The van der Waals surface area contributed by atoms with Crippen molar-refractivity contribution in [3.05, 3.63) is 29.8 Å². The Labute approximate surface area is 114 Å². The van der Waals surface area contributed by atoms with Gasteiger partial charge in [-0.15, -0.1) is 25.6 Å². The SMILES string of the molecule is COC(=O)C[C@H](N)c1ccccc1OC(F)(F)F.Cl. The van der Waals surface area contributed by atoms with Gasteiger partial charge in [-0.1, -0.05) is 18.2 Å². The molecule has 0 fully saturated rings. The van der Waals surface area contributed by atoms with Crippen LogP contribution in [0, 0.1) is 0 Å². The first kappa shape index (κ1) is 17.5. The molecule has 1 rings (SSSR count). The van der Waals surface area contributed by atoms with Gasteiger partial charge in [0, 0.05) is 11.6 Å². The largest absolute Gasteiger partial charge is 0.573 e. The van der Waals surface area contributed by atoms with Crippen molar-refractivity contribution in [2.24, 2.45) is 5.73 Å². The van der Waals surface area contributed by atoms with Crippen LogP contribution in [-0.2, 0) is 9.53 Å². The molecule has 0 spiro atoms. The summed E-state index contributed by atoms with van der Waals surface area (Å²) in [5.74, 6) is -1.02. The highest BCUT2D eigenvalue weighted by Gasteiger charge is 2.32. The van der Waals surface area contributed by atoms with Gasteiger partial charge in [0.05, 0.1) is 13.5 Å². The molecule has 0 heterocycles. The molecule has 0 aromatic heterocycles. The zero-order valence-electron chi connectivity index (χ0n) is 9.94. The van der Waals surface area contributed by atoms with E-state index in [1.54, 1.807) is 0 Å². The van der Waals surface area contributed by atoms with Crippen molar-refractivity contribution in [3.8, 4) is 5.75 Å². The first-order valence-corrected chi connectivity index (χ1v) is 5.00. The topological polar surface area (TPSA) is 61.5 Å². The van der Waals surface area contributed by atoms with Crippen molar-refractivity contribution in [2.45, 2.75) is 18.8 Å². The molecule has 0 amide bonds. The molecule has 2 N–H and O–H groups in total. The number of alkyl halides is 3. The Balaban J connectivity index is 0.00000324. The van der Waals surface area contributed by atoms with E-state index in [-0.39, 0.29) is 24.4 Å². The molecule has 19 heavy (non-hydrogen) atoms. The molecule has 1 aromatic rings. The zero-order valence-corrected chi connectivity index (χ0v) is 10.8. The number of ether oxygens (including phenoxy) is 2. The van der Waals surface area contributed by atoms with Gasteiger partial charge in [-0.05, 0) is 6.07 Å². The molecule has 0 unspecified atom stereocenters. The fourth-order valence-corrected chi connectivity index (χ4v) is 1.38. The van der Waals surface area contributed by atoms with Crippen molar-refractivity contribution in [2.75, 3.05) is 7.11 Å². The number of nitrogens with two attached hydrogens (primary N) is 1. The summed E-state index contributed by atoms with van der Waals surface area (Å²) in [6.45, 7) is 0. The first-order chi connectivity index (χ1) is 8.33. The molecule has 0 aliphatic rings. The maximum absolute atomic E-state index is 12.2. The Bertz CT molecular complexity index is 426. The van der Waals surface area contributed by atoms with Gasteiger partial charge in [-0.2, -0.15) is 0 Å². The molecule has 0 saturated carbocycles.